The number of thiophene rings is 2. The summed E-state index contributed by atoms with van der Waals surface area (Å²) in [7, 11) is 0. The average molecular weight is 631 g/mol. The highest BCUT2D eigenvalue weighted by atomic mass is 32.1. The standard InChI is InChI=1S/C34H18F4O4S2/c35-14-6-18-20(28(39)30(41)26(18)24(37)8-14)10-16-12-22-32(43-16)33-23(34(22)4-2-1-3-5-34)13-17(44-33)11-21-19-7-15(36)9-25(38)27(19)31(42)29(21)40/h6-13H,1-5H2/b20-10-,21-11-. The van der Waals surface area contributed by atoms with Gasteiger partial charge in [-0.05, 0) is 60.4 Å². The molecular formula is C34H18F4O4S2. The van der Waals surface area contributed by atoms with Crippen LogP contribution in [0.2, 0.25) is 0 Å². The second-order valence-electron chi connectivity index (χ2n) is 11.5. The van der Waals surface area contributed by atoms with E-state index in [1.165, 1.54) is 34.8 Å². The first-order valence-electron chi connectivity index (χ1n) is 14.0. The Labute approximate surface area is 255 Å². The molecule has 0 amide bonds. The third-order valence-corrected chi connectivity index (χ3v) is 11.4. The number of carbonyl (C=O) groups is 4. The first-order valence-corrected chi connectivity index (χ1v) is 15.6. The maximum absolute atomic E-state index is 14.4. The van der Waals surface area contributed by atoms with Crippen LogP contribution in [0.15, 0.2) is 36.4 Å². The zero-order chi connectivity index (χ0) is 30.7. The summed E-state index contributed by atoms with van der Waals surface area (Å²) in [5.41, 5.74) is 0.754. The van der Waals surface area contributed by atoms with Gasteiger partial charge in [-0.2, -0.15) is 0 Å². The van der Waals surface area contributed by atoms with E-state index in [4.69, 9.17) is 0 Å². The van der Waals surface area contributed by atoms with Crippen LogP contribution in [0.4, 0.5) is 17.6 Å². The lowest BCUT2D eigenvalue weighted by molar-refractivity contribution is -0.110. The minimum Gasteiger partial charge on any atom is -0.285 e. The Balaban J connectivity index is 1.26. The van der Waals surface area contributed by atoms with E-state index in [1.54, 1.807) is 0 Å². The average Bonchev–Trinajstić information content (AvgIpc) is 3.74. The highest BCUT2D eigenvalue weighted by molar-refractivity contribution is 7.23. The van der Waals surface area contributed by atoms with Crippen molar-refractivity contribution in [3.8, 4) is 9.75 Å². The molecule has 218 valence electrons. The number of halogens is 4. The van der Waals surface area contributed by atoms with Crippen LogP contribution in [0.3, 0.4) is 0 Å². The van der Waals surface area contributed by atoms with E-state index in [2.05, 4.69) is 0 Å². The summed E-state index contributed by atoms with van der Waals surface area (Å²) in [6.45, 7) is 0. The van der Waals surface area contributed by atoms with Gasteiger partial charge in [-0.3, -0.25) is 19.2 Å². The number of benzene rings is 2. The summed E-state index contributed by atoms with van der Waals surface area (Å²) in [4.78, 5) is 54.0. The van der Waals surface area contributed by atoms with Crippen molar-refractivity contribution < 1.29 is 36.7 Å². The van der Waals surface area contributed by atoms with Crippen molar-refractivity contribution in [2.24, 2.45) is 0 Å². The van der Waals surface area contributed by atoms with E-state index in [9.17, 15) is 36.7 Å². The van der Waals surface area contributed by atoms with Crippen LogP contribution in [0, 0.1) is 23.3 Å². The normalized spacial score (nSPS) is 19.8. The lowest BCUT2D eigenvalue weighted by atomic mass is 9.68. The molecule has 4 nitrogen and oxygen atoms in total. The Bertz CT molecular complexity index is 1980. The molecule has 4 aromatic rings. The van der Waals surface area contributed by atoms with Crippen LogP contribution >= 0.6 is 22.7 Å². The van der Waals surface area contributed by atoms with Crippen LogP contribution in [0.25, 0.3) is 33.1 Å². The summed E-state index contributed by atoms with van der Waals surface area (Å²) in [5, 5.41) is 0. The Morgan fingerprint density at radius 3 is 1.43 bits per heavy atom. The van der Waals surface area contributed by atoms with Gasteiger partial charge in [0.1, 0.15) is 23.3 Å². The molecule has 1 spiro atoms. The van der Waals surface area contributed by atoms with Crippen molar-refractivity contribution in [1.29, 1.82) is 0 Å². The molecule has 4 aliphatic rings. The molecule has 4 aliphatic carbocycles. The number of ketones is 4. The summed E-state index contributed by atoms with van der Waals surface area (Å²) in [6, 6.07) is 7.14. The number of Topliss-reactive ketones (excluding diaryl/α,β-unsaturated/α-hetero) is 4. The Kier molecular flexibility index (Phi) is 5.80. The van der Waals surface area contributed by atoms with Crippen LogP contribution in [-0.2, 0) is 15.0 Å². The van der Waals surface area contributed by atoms with Crippen molar-refractivity contribution in [1.82, 2.24) is 0 Å². The number of fused-ring (bicyclic) bond motifs is 7. The summed E-state index contributed by atoms with van der Waals surface area (Å²) in [6.07, 6.45) is 7.79. The number of hydrogen-bond donors (Lipinski definition) is 0. The molecule has 0 N–H and O–H groups in total. The monoisotopic (exact) mass is 630 g/mol. The molecule has 10 heteroatoms. The highest BCUT2D eigenvalue weighted by Gasteiger charge is 2.47. The van der Waals surface area contributed by atoms with Gasteiger partial charge in [-0.25, -0.2) is 17.6 Å². The lowest BCUT2D eigenvalue weighted by Gasteiger charge is -2.34. The van der Waals surface area contributed by atoms with Gasteiger partial charge in [0.2, 0.25) is 23.1 Å². The largest absolute Gasteiger partial charge is 0.285 e. The fourth-order valence-electron chi connectivity index (χ4n) is 7.17. The molecule has 2 aromatic carbocycles. The first kappa shape index (κ1) is 27.3. The first-order chi connectivity index (χ1) is 21.1. The number of allylic oxidation sites excluding steroid dienone is 2. The zero-order valence-corrected chi connectivity index (χ0v) is 24.2. The molecule has 0 radical (unpaired) electrons. The predicted octanol–water partition coefficient (Wildman–Crippen LogP) is 8.21. The molecule has 0 aliphatic heterocycles. The van der Waals surface area contributed by atoms with Crippen molar-refractivity contribution in [3.63, 3.8) is 0 Å². The van der Waals surface area contributed by atoms with Gasteiger partial charge in [0.15, 0.2) is 0 Å². The van der Waals surface area contributed by atoms with Gasteiger partial charge in [-0.1, -0.05) is 19.3 Å². The van der Waals surface area contributed by atoms with E-state index < -0.39 is 57.5 Å². The predicted molar refractivity (Wildman–Crippen MR) is 159 cm³/mol. The molecule has 2 heterocycles. The van der Waals surface area contributed by atoms with Crippen molar-refractivity contribution >= 4 is 69.1 Å². The van der Waals surface area contributed by atoms with E-state index in [0.717, 1.165) is 65.1 Å². The highest BCUT2D eigenvalue weighted by Crippen LogP contribution is 2.61. The second-order valence-corrected chi connectivity index (χ2v) is 13.6. The molecule has 0 unspecified atom stereocenters. The third kappa shape index (κ3) is 3.67. The molecule has 1 saturated carbocycles. The fraction of sp³-hybridized carbons (Fsp3) is 0.176. The van der Waals surface area contributed by atoms with E-state index in [1.807, 2.05) is 12.1 Å². The third-order valence-electron chi connectivity index (χ3n) is 9.07. The molecule has 0 saturated heterocycles. The SMILES string of the molecule is O=C1C(=O)c2c(F)cc(F)cc2/C1=C/c1cc2c(s1)-c1sc(/C=C3\C(=O)C(=O)c4c(F)cc(F)cc43)cc1C21CCCCC1. The fourth-order valence-corrected chi connectivity index (χ4v) is 9.73. The minimum absolute atomic E-state index is 0.0552. The molecular weight excluding hydrogens is 612 g/mol. The van der Waals surface area contributed by atoms with Gasteiger partial charge in [0, 0.05) is 59.3 Å². The molecule has 8 rings (SSSR count). The maximum atomic E-state index is 14.4. The Morgan fingerprint density at radius 1 is 0.568 bits per heavy atom. The lowest BCUT2D eigenvalue weighted by Crippen LogP contribution is -2.27. The summed E-state index contributed by atoms with van der Waals surface area (Å²) < 4.78 is 57.0. The topological polar surface area (TPSA) is 68.3 Å². The second kappa shape index (κ2) is 9.36. The zero-order valence-electron chi connectivity index (χ0n) is 22.6. The number of hydrogen-bond acceptors (Lipinski definition) is 6. The Hall–Kier alpha value is -4.28. The number of rotatable bonds is 2. The van der Waals surface area contributed by atoms with E-state index in [-0.39, 0.29) is 27.7 Å². The molecule has 0 bridgehead atoms. The smallest absolute Gasteiger partial charge is 0.237 e. The van der Waals surface area contributed by atoms with Crippen molar-refractivity contribution in [2.45, 2.75) is 37.5 Å². The molecule has 44 heavy (non-hydrogen) atoms. The van der Waals surface area contributed by atoms with Crippen LogP contribution in [0.1, 0.15) is 84.8 Å². The minimum atomic E-state index is -1.07. The van der Waals surface area contributed by atoms with Gasteiger partial charge in [0.05, 0.1) is 11.1 Å². The molecule has 1 fully saturated rings. The van der Waals surface area contributed by atoms with Gasteiger partial charge >= 0.3 is 0 Å². The Morgan fingerprint density at radius 2 is 1.00 bits per heavy atom. The molecule has 0 atom stereocenters. The van der Waals surface area contributed by atoms with E-state index >= 15 is 0 Å². The van der Waals surface area contributed by atoms with Crippen molar-refractivity contribution in [2.75, 3.05) is 0 Å². The van der Waals surface area contributed by atoms with Crippen LogP contribution < -0.4 is 0 Å². The summed E-state index contributed by atoms with van der Waals surface area (Å²) in [5.74, 6) is -7.70. The van der Waals surface area contributed by atoms with E-state index in [0.29, 0.717) is 21.9 Å². The maximum Gasteiger partial charge on any atom is 0.237 e. The quantitative estimate of drug-likeness (QED) is 0.127. The summed E-state index contributed by atoms with van der Waals surface area (Å²) >= 11 is 2.79. The number of carbonyl (C=O) groups excluding carboxylic acids is 4. The van der Waals surface area contributed by atoms with Crippen molar-refractivity contribution in [3.05, 3.63) is 103 Å². The van der Waals surface area contributed by atoms with Crippen LogP contribution in [0.5, 0.6) is 0 Å². The van der Waals surface area contributed by atoms with Gasteiger partial charge in [-0.15, -0.1) is 22.7 Å². The van der Waals surface area contributed by atoms with Gasteiger partial charge in [0.25, 0.3) is 0 Å². The van der Waals surface area contributed by atoms with Crippen LogP contribution in [-0.4, -0.2) is 23.1 Å². The van der Waals surface area contributed by atoms with Gasteiger partial charge < -0.3 is 0 Å². The molecule has 2 aromatic heterocycles.